The maximum absolute atomic E-state index is 12.6. The van der Waals surface area contributed by atoms with Gasteiger partial charge in [-0.1, -0.05) is 6.07 Å². The second kappa shape index (κ2) is 10.1. The average molecular weight is 382 g/mol. The van der Waals surface area contributed by atoms with Gasteiger partial charge in [-0.15, -0.1) is 0 Å². The first-order valence-electron chi connectivity index (χ1n) is 10.2. The Bertz CT molecular complexity index is 732. The Morgan fingerprint density at radius 2 is 2.07 bits per heavy atom. The monoisotopic (exact) mass is 381 g/mol. The lowest BCUT2D eigenvalue weighted by Gasteiger charge is -2.21. The molecule has 1 atom stereocenters. The summed E-state index contributed by atoms with van der Waals surface area (Å²) in [7, 11) is 3.98. The molecule has 1 saturated heterocycles. The minimum absolute atomic E-state index is 0.272. The molecular formula is C22H31N5O. The van der Waals surface area contributed by atoms with E-state index in [1.807, 2.05) is 60.6 Å². The van der Waals surface area contributed by atoms with Gasteiger partial charge in [-0.2, -0.15) is 0 Å². The van der Waals surface area contributed by atoms with E-state index < -0.39 is 0 Å². The first-order chi connectivity index (χ1) is 13.6. The van der Waals surface area contributed by atoms with E-state index >= 15 is 0 Å². The van der Waals surface area contributed by atoms with Crippen molar-refractivity contribution in [2.24, 2.45) is 0 Å². The number of hydrogen-bond donors (Lipinski definition) is 1. The number of likely N-dealkylation sites (tertiary alicyclic amines) is 1. The standard InChI is InChI=1S/C22H31N5O/c1-26(2)21-12-11-20(17-24-21)25-19-9-6-15-27(16-13-19)22(28)10-5-8-18-7-3-4-14-23-18/h3-4,7,11-12,14,17,19,25H,5-6,8-10,13,15-16H2,1-2H3/t19-/m1/s1. The molecule has 0 saturated carbocycles. The summed E-state index contributed by atoms with van der Waals surface area (Å²) in [4.78, 5) is 25.4. The summed E-state index contributed by atoms with van der Waals surface area (Å²) in [6.45, 7) is 1.68. The second-order valence-corrected chi connectivity index (χ2v) is 7.63. The fraction of sp³-hybridized carbons (Fsp3) is 0.500. The highest BCUT2D eigenvalue weighted by Crippen LogP contribution is 2.19. The lowest BCUT2D eigenvalue weighted by molar-refractivity contribution is -0.131. The Hall–Kier alpha value is -2.63. The number of nitrogens with zero attached hydrogens (tertiary/aromatic N) is 4. The number of aryl methyl sites for hydroxylation is 1. The van der Waals surface area contributed by atoms with Crippen molar-refractivity contribution >= 4 is 17.4 Å². The minimum atomic E-state index is 0.272. The summed E-state index contributed by atoms with van der Waals surface area (Å²) >= 11 is 0. The normalized spacial score (nSPS) is 17.1. The van der Waals surface area contributed by atoms with Crippen LogP contribution in [0.25, 0.3) is 0 Å². The zero-order valence-electron chi connectivity index (χ0n) is 17.0. The van der Waals surface area contributed by atoms with Crippen molar-refractivity contribution in [1.29, 1.82) is 0 Å². The molecule has 1 N–H and O–H groups in total. The summed E-state index contributed by atoms with van der Waals surface area (Å²) in [6, 6.07) is 10.4. The Balaban J connectivity index is 1.43. The van der Waals surface area contributed by atoms with Crippen molar-refractivity contribution in [3.63, 3.8) is 0 Å². The molecule has 0 spiro atoms. The highest BCUT2D eigenvalue weighted by Gasteiger charge is 2.20. The van der Waals surface area contributed by atoms with E-state index in [0.29, 0.717) is 12.5 Å². The summed E-state index contributed by atoms with van der Waals surface area (Å²) in [5.41, 5.74) is 2.11. The topological polar surface area (TPSA) is 61.4 Å². The number of hydrogen-bond acceptors (Lipinski definition) is 5. The Morgan fingerprint density at radius 1 is 1.18 bits per heavy atom. The highest BCUT2D eigenvalue weighted by atomic mass is 16.2. The minimum Gasteiger partial charge on any atom is -0.381 e. The third-order valence-electron chi connectivity index (χ3n) is 5.21. The zero-order valence-corrected chi connectivity index (χ0v) is 17.0. The Kier molecular flexibility index (Phi) is 7.23. The molecule has 1 fully saturated rings. The molecule has 1 aliphatic rings. The number of aromatic nitrogens is 2. The molecule has 3 rings (SSSR count). The van der Waals surface area contributed by atoms with E-state index in [2.05, 4.69) is 21.4 Å². The van der Waals surface area contributed by atoms with Gasteiger partial charge in [0.15, 0.2) is 0 Å². The molecule has 6 nitrogen and oxygen atoms in total. The number of carbonyl (C=O) groups excluding carboxylic acids is 1. The fourth-order valence-corrected chi connectivity index (χ4v) is 3.59. The molecule has 2 aromatic heterocycles. The van der Waals surface area contributed by atoms with Gasteiger partial charge in [-0.05, 0) is 56.4 Å². The van der Waals surface area contributed by atoms with Crippen molar-refractivity contribution in [3.05, 3.63) is 48.4 Å². The van der Waals surface area contributed by atoms with Gasteiger partial charge in [-0.3, -0.25) is 9.78 Å². The van der Waals surface area contributed by atoms with E-state index in [1.54, 1.807) is 0 Å². The summed E-state index contributed by atoms with van der Waals surface area (Å²) in [5, 5.41) is 3.58. The van der Waals surface area contributed by atoms with Crippen LogP contribution >= 0.6 is 0 Å². The maximum Gasteiger partial charge on any atom is 0.222 e. The second-order valence-electron chi connectivity index (χ2n) is 7.63. The van der Waals surface area contributed by atoms with Crippen LogP contribution in [-0.2, 0) is 11.2 Å². The lowest BCUT2D eigenvalue weighted by atomic mass is 10.1. The van der Waals surface area contributed by atoms with Crippen LogP contribution in [0, 0.1) is 0 Å². The number of anilines is 2. The first-order valence-corrected chi connectivity index (χ1v) is 10.2. The fourth-order valence-electron chi connectivity index (χ4n) is 3.59. The van der Waals surface area contributed by atoms with Gasteiger partial charge in [0.1, 0.15) is 5.82 Å². The summed E-state index contributed by atoms with van der Waals surface area (Å²) in [5.74, 6) is 1.22. The molecule has 1 amide bonds. The van der Waals surface area contributed by atoms with E-state index in [9.17, 15) is 4.79 Å². The molecule has 0 aromatic carbocycles. The molecule has 3 heterocycles. The van der Waals surface area contributed by atoms with Gasteiger partial charge < -0.3 is 15.1 Å². The average Bonchev–Trinajstić information content (AvgIpc) is 2.95. The summed E-state index contributed by atoms with van der Waals surface area (Å²) in [6.07, 6.45) is 9.11. The Labute approximate surface area is 168 Å². The van der Waals surface area contributed by atoms with E-state index in [4.69, 9.17) is 0 Å². The van der Waals surface area contributed by atoms with Crippen LogP contribution in [0.1, 0.15) is 37.8 Å². The van der Waals surface area contributed by atoms with Crippen molar-refractivity contribution in [3.8, 4) is 0 Å². The zero-order chi connectivity index (χ0) is 19.8. The van der Waals surface area contributed by atoms with Gasteiger partial charge in [-0.25, -0.2) is 4.98 Å². The molecule has 28 heavy (non-hydrogen) atoms. The molecular weight excluding hydrogens is 350 g/mol. The van der Waals surface area contributed by atoms with Gasteiger partial charge in [0.2, 0.25) is 5.91 Å². The molecule has 1 aliphatic heterocycles. The molecule has 150 valence electrons. The van der Waals surface area contributed by atoms with Crippen LogP contribution in [0.5, 0.6) is 0 Å². The van der Waals surface area contributed by atoms with Crippen LogP contribution in [0.3, 0.4) is 0 Å². The van der Waals surface area contributed by atoms with Crippen LogP contribution in [0.2, 0.25) is 0 Å². The largest absolute Gasteiger partial charge is 0.381 e. The molecule has 0 aliphatic carbocycles. The lowest BCUT2D eigenvalue weighted by Crippen LogP contribution is -2.32. The van der Waals surface area contributed by atoms with E-state index in [1.165, 1.54) is 0 Å². The third-order valence-corrected chi connectivity index (χ3v) is 5.21. The molecule has 0 bridgehead atoms. The smallest absolute Gasteiger partial charge is 0.222 e. The Morgan fingerprint density at radius 3 is 2.79 bits per heavy atom. The predicted molar refractivity (Wildman–Crippen MR) is 114 cm³/mol. The van der Waals surface area contributed by atoms with Crippen molar-refractivity contribution in [1.82, 2.24) is 14.9 Å². The number of amides is 1. The van der Waals surface area contributed by atoms with E-state index in [-0.39, 0.29) is 5.91 Å². The maximum atomic E-state index is 12.6. The SMILES string of the molecule is CN(C)c1ccc(N[C@@H]2CCCN(C(=O)CCCc3ccccn3)CC2)cn1. The van der Waals surface area contributed by atoms with Crippen molar-refractivity contribution in [2.45, 2.75) is 44.6 Å². The summed E-state index contributed by atoms with van der Waals surface area (Å²) < 4.78 is 0. The van der Waals surface area contributed by atoms with Gasteiger partial charge in [0.25, 0.3) is 0 Å². The third kappa shape index (κ3) is 5.94. The van der Waals surface area contributed by atoms with Gasteiger partial charge in [0, 0.05) is 51.5 Å². The van der Waals surface area contributed by atoms with Gasteiger partial charge in [0.05, 0.1) is 11.9 Å². The van der Waals surface area contributed by atoms with Crippen molar-refractivity contribution < 1.29 is 4.79 Å². The van der Waals surface area contributed by atoms with Crippen LogP contribution in [0.4, 0.5) is 11.5 Å². The number of nitrogens with one attached hydrogen (secondary N) is 1. The van der Waals surface area contributed by atoms with E-state index in [0.717, 1.165) is 62.4 Å². The quantitative estimate of drug-likeness (QED) is 0.797. The molecule has 0 unspecified atom stereocenters. The van der Waals surface area contributed by atoms with Crippen LogP contribution in [0.15, 0.2) is 42.7 Å². The molecule has 0 radical (unpaired) electrons. The van der Waals surface area contributed by atoms with Crippen LogP contribution in [-0.4, -0.2) is 54.0 Å². The predicted octanol–water partition coefficient (Wildman–Crippen LogP) is 3.36. The number of rotatable bonds is 7. The molecule has 6 heteroatoms. The highest BCUT2D eigenvalue weighted by molar-refractivity contribution is 5.76. The van der Waals surface area contributed by atoms with Crippen molar-refractivity contribution in [2.75, 3.05) is 37.4 Å². The number of pyridine rings is 2. The van der Waals surface area contributed by atoms with Crippen LogP contribution < -0.4 is 10.2 Å². The number of carbonyl (C=O) groups is 1. The first kappa shape index (κ1) is 20.1. The molecule has 2 aromatic rings. The van der Waals surface area contributed by atoms with Gasteiger partial charge >= 0.3 is 0 Å².